The molecule has 0 aliphatic heterocycles. The Morgan fingerprint density at radius 1 is 2.00 bits per heavy atom. The third-order valence-corrected chi connectivity index (χ3v) is 0.735. The average molecular weight is 130 g/mol. The lowest BCUT2D eigenvalue weighted by Gasteiger charge is -2.10. The molecule has 0 saturated heterocycles. The molecule has 0 radical (unpaired) electrons. The number of amides is 1. The molecule has 0 spiro atoms. The third kappa shape index (κ3) is 2.71. The van der Waals surface area contributed by atoms with Crippen LogP contribution in [-0.2, 0) is 4.74 Å². The van der Waals surface area contributed by atoms with Crippen molar-refractivity contribution in [2.75, 3.05) is 13.7 Å². The highest BCUT2D eigenvalue weighted by Gasteiger charge is 2.04. The largest absolute Gasteiger partial charge is 0.452 e. The smallest absolute Gasteiger partial charge is 0.424 e. The van der Waals surface area contributed by atoms with E-state index in [0.717, 1.165) is 5.01 Å². The molecule has 52 valence electrons. The van der Waals surface area contributed by atoms with Crippen molar-refractivity contribution < 1.29 is 9.53 Å². The fourth-order valence-corrected chi connectivity index (χ4v) is 0.331. The average Bonchev–Trinajstić information content (AvgIpc) is 1.87. The molecule has 0 saturated carbocycles. The van der Waals surface area contributed by atoms with Crippen molar-refractivity contribution in [2.24, 2.45) is 5.84 Å². The molecule has 0 heterocycles. The summed E-state index contributed by atoms with van der Waals surface area (Å²) >= 11 is 0. The van der Waals surface area contributed by atoms with Crippen LogP contribution < -0.4 is 5.84 Å². The number of nitrogens with zero attached hydrogens (tertiary/aromatic N) is 1. The van der Waals surface area contributed by atoms with Crippen molar-refractivity contribution in [3.63, 3.8) is 0 Å². The zero-order valence-electron chi connectivity index (χ0n) is 5.33. The van der Waals surface area contributed by atoms with Gasteiger partial charge in [-0.2, -0.15) is 0 Å². The highest BCUT2D eigenvalue weighted by molar-refractivity contribution is 5.66. The van der Waals surface area contributed by atoms with E-state index in [-0.39, 0.29) is 0 Å². The van der Waals surface area contributed by atoms with Gasteiger partial charge < -0.3 is 4.74 Å². The molecule has 1 amide bonds. The summed E-state index contributed by atoms with van der Waals surface area (Å²) in [6.45, 7) is 3.69. The van der Waals surface area contributed by atoms with Crippen molar-refractivity contribution in [1.82, 2.24) is 5.01 Å². The number of carbonyl (C=O) groups is 1. The van der Waals surface area contributed by atoms with Gasteiger partial charge in [-0.05, 0) is 0 Å². The van der Waals surface area contributed by atoms with E-state index in [1.807, 2.05) is 0 Å². The molecule has 4 nitrogen and oxygen atoms in total. The zero-order chi connectivity index (χ0) is 7.28. The molecule has 0 rings (SSSR count). The van der Waals surface area contributed by atoms with Gasteiger partial charge in [-0.25, -0.2) is 15.6 Å². The van der Waals surface area contributed by atoms with E-state index < -0.39 is 6.09 Å². The molecule has 0 fully saturated rings. The molecule has 0 aromatic rings. The maximum Gasteiger partial charge on any atom is 0.424 e. The van der Waals surface area contributed by atoms with Crippen LogP contribution in [0.1, 0.15) is 0 Å². The molecule has 2 N–H and O–H groups in total. The first kappa shape index (κ1) is 7.97. The van der Waals surface area contributed by atoms with E-state index in [1.54, 1.807) is 0 Å². The summed E-state index contributed by atoms with van der Waals surface area (Å²) < 4.78 is 4.28. The SMILES string of the molecule is C=CCN(N)C(=O)OC. The minimum Gasteiger partial charge on any atom is -0.452 e. The first-order valence-corrected chi connectivity index (χ1v) is 2.43. The van der Waals surface area contributed by atoms with Crippen molar-refractivity contribution in [1.29, 1.82) is 0 Å². The predicted octanol–water partition coefficient (Wildman–Crippen LogP) is 0.115. The van der Waals surface area contributed by atoms with Crippen LogP contribution in [0, 0.1) is 0 Å². The van der Waals surface area contributed by atoms with Gasteiger partial charge in [0, 0.05) is 0 Å². The normalized spacial score (nSPS) is 8.22. The second kappa shape index (κ2) is 3.91. The fourth-order valence-electron chi connectivity index (χ4n) is 0.331. The van der Waals surface area contributed by atoms with Gasteiger partial charge in [0.05, 0.1) is 13.7 Å². The lowest BCUT2D eigenvalue weighted by Crippen LogP contribution is -2.37. The molecular formula is C5H10N2O2. The Hall–Kier alpha value is -1.03. The lowest BCUT2D eigenvalue weighted by atomic mass is 10.6. The Morgan fingerprint density at radius 3 is 2.89 bits per heavy atom. The van der Waals surface area contributed by atoms with Crippen LogP contribution >= 0.6 is 0 Å². The summed E-state index contributed by atoms with van der Waals surface area (Å²) in [7, 11) is 1.27. The number of hydrogen-bond acceptors (Lipinski definition) is 3. The molecule has 0 aliphatic rings. The minimum atomic E-state index is -0.560. The van der Waals surface area contributed by atoms with Gasteiger partial charge in [-0.15, -0.1) is 6.58 Å². The van der Waals surface area contributed by atoms with Crippen LogP contribution in [0.4, 0.5) is 4.79 Å². The van der Waals surface area contributed by atoms with Gasteiger partial charge in [0.2, 0.25) is 0 Å². The monoisotopic (exact) mass is 130 g/mol. The maximum absolute atomic E-state index is 10.4. The van der Waals surface area contributed by atoms with Crippen molar-refractivity contribution in [2.45, 2.75) is 0 Å². The lowest BCUT2D eigenvalue weighted by molar-refractivity contribution is 0.128. The summed E-state index contributed by atoms with van der Waals surface area (Å²) in [5.74, 6) is 5.13. The number of ether oxygens (including phenoxy) is 1. The highest BCUT2D eigenvalue weighted by atomic mass is 16.5. The second-order valence-electron chi connectivity index (χ2n) is 1.41. The quantitative estimate of drug-likeness (QED) is 0.250. The molecule has 0 aliphatic carbocycles. The zero-order valence-corrected chi connectivity index (χ0v) is 5.33. The van der Waals surface area contributed by atoms with E-state index in [2.05, 4.69) is 11.3 Å². The first-order valence-electron chi connectivity index (χ1n) is 2.43. The molecule has 0 atom stereocenters. The Balaban J connectivity index is 3.58. The first-order chi connectivity index (χ1) is 4.22. The summed E-state index contributed by atoms with van der Waals surface area (Å²) in [5, 5.41) is 0.924. The van der Waals surface area contributed by atoms with E-state index >= 15 is 0 Å². The number of rotatable bonds is 2. The van der Waals surface area contributed by atoms with E-state index in [1.165, 1.54) is 13.2 Å². The number of nitrogens with two attached hydrogens (primary N) is 1. The molecule has 9 heavy (non-hydrogen) atoms. The Kier molecular flexibility index (Phi) is 3.46. The van der Waals surface area contributed by atoms with Crippen LogP contribution in [0.3, 0.4) is 0 Å². The molecule has 0 aromatic carbocycles. The predicted molar refractivity (Wildman–Crippen MR) is 33.5 cm³/mol. The molecule has 0 unspecified atom stereocenters. The summed E-state index contributed by atoms with van der Waals surface area (Å²) in [6, 6.07) is 0. The fraction of sp³-hybridized carbons (Fsp3) is 0.400. The second-order valence-corrected chi connectivity index (χ2v) is 1.41. The minimum absolute atomic E-state index is 0.298. The Bertz CT molecular complexity index is 114. The standard InChI is InChI=1S/C5H10N2O2/c1-3-4-7(6)5(8)9-2/h3H,1,4,6H2,2H3. The summed E-state index contributed by atoms with van der Waals surface area (Å²) in [5.41, 5.74) is 0. The Morgan fingerprint density at radius 2 is 2.56 bits per heavy atom. The summed E-state index contributed by atoms with van der Waals surface area (Å²) in [4.78, 5) is 10.4. The molecule has 0 aromatic heterocycles. The highest BCUT2D eigenvalue weighted by Crippen LogP contribution is 1.82. The van der Waals surface area contributed by atoms with E-state index in [4.69, 9.17) is 5.84 Å². The third-order valence-electron chi connectivity index (χ3n) is 0.735. The van der Waals surface area contributed by atoms with Gasteiger partial charge in [0.25, 0.3) is 0 Å². The van der Waals surface area contributed by atoms with Crippen LogP contribution in [-0.4, -0.2) is 24.8 Å². The number of hydrogen-bond donors (Lipinski definition) is 1. The van der Waals surface area contributed by atoms with Crippen molar-refractivity contribution >= 4 is 6.09 Å². The number of carbonyl (C=O) groups excluding carboxylic acids is 1. The topological polar surface area (TPSA) is 55.6 Å². The van der Waals surface area contributed by atoms with E-state index in [0.29, 0.717) is 6.54 Å². The van der Waals surface area contributed by atoms with Crippen LogP contribution in [0.2, 0.25) is 0 Å². The van der Waals surface area contributed by atoms with Crippen LogP contribution in [0.25, 0.3) is 0 Å². The van der Waals surface area contributed by atoms with Gasteiger partial charge in [-0.1, -0.05) is 6.08 Å². The van der Waals surface area contributed by atoms with Gasteiger partial charge >= 0.3 is 6.09 Å². The van der Waals surface area contributed by atoms with E-state index in [9.17, 15) is 4.79 Å². The maximum atomic E-state index is 10.4. The number of methoxy groups -OCH3 is 1. The molecule has 4 heteroatoms. The van der Waals surface area contributed by atoms with Gasteiger partial charge in [0.15, 0.2) is 0 Å². The van der Waals surface area contributed by atoms with Crippen molar-refractivity contribution in [3.8, 4) is 0 Å². The van der Waals surface area contributed by atoms with Crippen molar-refractivity contribution in [3.05, 3.63) is 12.7 Å². The Labute approximate surface area is 53.9 Å². The van der Waals surface area contributed by atoms with Crippen LogP contribution in [0.15, 0.2) is 12.7 Å². The van der Waals surface area contributed by atoms with Crippen LogP contribution in [0.5, 0.6) is 0 Å². The molecular weight excluding hydrogens is 120 g/mol. The summed E-state index contributed by atoms with van der Waals surface area (Å²) in [6.07, 6.45) is 0.951. The van der Waals surface area contributed by atoms with Gasteiger partial charge in [0.1, 0.15) is 0 Å². The number of hydrazine groups is 1. The molecule has 0 bridgehead atoms. The van der Waals surface area contributed by atoms with Gasteiger partial charge in [-0.3, -0.25) is 0 Å².